The molecule has 1 amide bonds. The molecule has 0 radical (unpaired) electrons. The zero-order valence-electron chi connectivity index (χ0n) is 9.37. The van der Waals surface area contributed by atoms with Gasteiger partial charge in [0, 0.05) is 10.8 Å². The summed E-state index contributed by atoms with van der Waals surface area (Å²) in [5, 5.41) is 14.2. The summed E-state index contributed by atoms with van der Waals surface area (Å²) in [5.41, 5.74) is 0.153. The Morgan fingerprint density at radius 3 is 2.60 bits per heavy atom. The summed E-state index contributed by atoms with van der Waals surface area (Å²) in [6.45, 7) is 7.16. The van der Waals surface area contributed by atoms with Crippen molar-refractivity contribution in [3.05, 3.63) is 11.1 Å². The summed E-state index contributed by atoms with van der Waals surface area (Å²) in [4.78, 5) is 15.7. The van der Waals surface area contributed by atoms with Gasteiger partial charge in [-0.25, -0.2) is 4.98 Å². The molecule has 0 aliphatic carbocycles. The van der Waals surface area contributed by atoms with E-state index in [2.05, 4.69) is 10.3 Å². The van der Waals surface area contributed by atoms with E-state index in [4.69, 9.17) is 0 Å². The third-order valence-electron chi connectivity index (χ3n) is 1.85. The number of nitrogens with one attached hydrogen (secondary N) is 1. The number of anilines is 1. The van der Waals surface area contributed by atoms with Crippen LogP contribution in [0.4, 0.5) is 5.13 Å². The van der Waals surface area contributed by atoms with Gasteiger partial charge in [0.1, 0.15) is 0 Å². The van der Waals surface area contributed by atoms with Crippen molar-refractivity contribution in [2.75, 3.05) is 5.32 Å². The number of aromatic nitrogens is 1. The van der Waals surface area contributed by atoms with Crippen LogP contribution in [0.5, 0.6) is 0 Å². The predicted octanol–water partition coefficient (Wildman–Crippen LogP) is 2.18. The van der Waals surface area contributed by atoms with Crippen molar-refractivity contribution in [3.8, 4) is 0 Å². The first-order valence-electron chi connectivity index (χ1n) is 4.75. The zero-order valence-corrected chi connectivity index (χ0v) is 10.2. The molecule has 1 unspecified atom stereocenters. The van der Waals surface area contributed by atoms with Crippen molar-refractivity contribution in [2.24, 2.45) is 5.41 Å². The largest absolute Gasteiger partial charge is 0.387 e. The molecular formula is C10H16N2O2S. The van der Waals surface area contributed by atoms with Gasteiger partial charge >= 0.3 is 0 Å². The molecule has 84 valence electrons. The van der Waals surface area contributed by atoms with Crippen LogP contribution in [-0.4, -0.2) is 16.0 Å². The second-order valence-corrected chi connectivity index (χ2v) is 5.32. The number of rotatable bonds is 2. The Labute approximate surface area is 93.4 Å². The molecular weight excluding hydrogens is 212 g/mol. The van der Waals surface area contributed by atoms with Crippen LogP contribution in [0.25, 0.3) is 0 Å². The van der Waals surface area contributed by atoms with Gasteiger partial charge in [-0.2, -0.15) is 0 Å². The molecule has 0 aliphatic heterocycles. The van der Waals surface area contributed by atoms with Crippen molar-refractivity contribution < 1.29 is 9.90 Å². The van der Waals surface area contributed by atoms with Crippen molar-refractivity contribution >= 4 is 22.4 Å². The maximum Gasteiger partial charge on any atom is 0.231 e. The normalized spacial score (nSPS) is 13.7. The van der Waals surface area contributed by atoms with E-state index in [1.807, 2.05) is 20.8 Å². The molecule has 1 aromatic heterocycles. The van der Waals surface area contributed by atoms with Crippen LogP contribution in [-0.2, 0) is 4.79 Å². The van der Waals surface area contributed by atoms with Gasteiger partial charge in [0.05, 0.1) is 11.8 Å². The average Bonchev–Trinajstić information content (AvgIpc) is 2.50. The molecule has 0 saturated carbocycles. The number of aliphatic hydroxyl groups excluding tert-OH is 1. The van der Waals surface area contributed by atoms with E-state index in [1.54, 1.807) is 12.3 Å². The van der Waals surface area contributed by atoms with Crippen LogP contribution in [0, 0.1) is 5.41 Å². The molecule has 1 rings (SSSR count). The van der Waals surface area contributed by atoms with E-state index < -0.39 is 11.5 Å². The summed E-state index contributed by atoms with van der Waals surface area (Å²) < 4.78 is 0. The van der Waals surface area contributed by atoms with Crippen molar-refractivity contribution in [1.82, 2.24) is 4.98 Å². The lowest BCUT2D eigenvalue weighted by atomic mass is 9.96. The molecule has 15 heavy (non-hydrogen) atoms. The quantitative estimate of drug-likeness (QED) is 0.815. The lowest BCUT2D eigenvalue weighted by Crippen LogP contribution is -2.27. The number of carbonyl (C=O) groups excluding carboxylic acids is 1. The number of carbonyl (C=O) groups is 1. The minimum Gasteiger partial charge on any atom is -0.387 e. The van der Waals surface area contributed by atoms with Gasteiger partial charge in [0.2, 0.25) is 5.91 Å². The highest BCUT2D eigenvalue weighted by Crippen LogP contribution is 2.22. The smallest absolute Gasteiger partial charge is 0.231 e. The van der Waals surface area contributed by atoms with Gasteiger partial charge < -0.3 is 10.4 Å². The molecule has 0 fully saturated rings. The van der Waals surface area contributed by atoms with Crippen molar-refractivity contribution in [3.63, 3.8) is 0 Å². The SMILES string of the molecule is CC(O)c1csc(NC(=O)C(C)(C)C)n1. The Kier molecular flexibility index (Phi) is 3.46. The standard InChI is InChI=1S/C10H16N2O2S/c1-6(13)7-5-15-9(11-7)12-8(14)10(2,3)4/h5-6,13H,1-4H3,(H,11,12,14). The van der Waals surface area contributed by atoms with Gasteiger partial charge in [-0.05, 0) is 6.92 Å². The van der Waals surface area contributed by atoms with Gasteiger partial charge in [0.15, 0.2) is 5.13 Å². The van der Waals surface area contributed by atoms with Crippen LogP contribution in [0.1, 0.15) is 39.5 Å². The lowest BCUT2D eigenvalue weighted by molar-refractivity contribution is -0.123. The Hall–Kier alpha value is -0.940. The average molecular weight is 228 g/mol. The molecule has 0 aromatic carbocycles. The fraction of sp³-hybridized carbons (Fsp3) is 0.600. The van der Waals surface area contributed by atoms with E-state index >= 15 is 0 Å². The molecule has 0 aliphatic rings. The maximum atomic E-state index is 11.6. The number of aliphatic hydroxyl groups is 1. The molecule has 1 heterocycles. The van der Waals surface area contributed by atoms with E-state index in [1.165, 1.54) is 11.3 Å². The minimum atomic E-state index is -0.596. The first-order chi connectivity index (χ1) is 6.80. The number of amides is 1. The van der Waals surface area contributed by atoms with Crippen LogP contribution < -0.4 is 5.32 Å². The number of nitrogens with zero attached hydrogens (tertiary/aromatic N) is 1. The Balaban J connectivity index is 2.70. The minimum absolute atomic E-state index is 0.0750. The first-order valence-corrected chi connectivity index (χ1v) is 5.63. The van der Waals surface area contributed by atoms with Crippen LogP contribution in [0.2, 0.25) is 0 Å². The Morgan fingerprint density at radius 1 is 1.60 bits per heavy atom. The third kappa shape index (κ3) is 3.28. The lowest BCUT2D eigenvalue weighted by Gasteiger charge is -2.15. The van der Waals surface area contributed by atoms with Gasteiger partial charge in [-0.3, -0.25) is 4.79 Å². The van der Waals surface area contributed by atoms with E-state index in [-0.39, 0.29) is 5.91 Å². The second kappa shape index (κ2) is 4.28. The molecule has 1 atom stereocenters. The van der Waals surface area contributed by atoms with Gasteiger partial charge in [-0.15, -0.1) is 11.3 Å². The molecule has 5 heteroatoms. The Morgan fingerprint density at radius 2 is 2.20 bits per heavy atom. The predicted molar refractivity (Wildman–Crippen MR) is 60.8 cm³/mol. The summed E-state index contributed by atoms with van der Waals surface area (Å²) in [6, 6.07) is 0. The second-order valence-electron chi connectivity index (χ2n) is 4.46. The molecule has 1 aromatic rings. The molecule has 0 bridgehead atoms. The van der Waals surface area contributed by atoms with Crippen LogP contribution in [0.15, 0.2) is 5.38 Å². The monoisotopic (exact) mass is 228 g/mol. The zero-order chi connectivity index (χ0) is 11.6. The van der Waals surface area contributed by atoms with E-state index in [9.17, 15) is 9.90 Å². The van der Waals surface area contributed by atoms with E-state index in [0.29, 0.717) is 10.8 Å². The van der Waals surface area contributed by atoms with Gasteiger partial charge in [-0.1, -0.05) is 20.8 Å². The highest BCUT2D eigenvalue weighted by Gasteiger charge is 2.22. The fourth-order valence-corrected chi connectivity index (χ4v) is 1.61. The fourth-order valence-electron chi connectivity index (χ4n) is 0.820. The third-order valence-corrected chi connectivity index (χ3v) is 2.63. The molecule has 4 nitrogen and oxygen atoms in total. The summed E-state index contributed by atoms with van der Waals surface area (Å²) in [7, 11) is 0. The highest BCUT2D eigenvalue weighted by molar-refractivity contribution is 7.13. The number of hydrogen-bond acceptors (Lipinski definition) is 4. The summed E-state index contributed by atoms with van der Waals surface area (Å²) in [5.74, 6) is -0.0750. The molecule has 0 saturated heterocycles. The number of thiazole rings is 1. The maximum absolute atomic E-state index is 11.6. The van der Waals surface area contributed by atoms with E-state index in [0.717, 1.165) is 0 Å². The molecule has 2 N–H and O–H groups in total. The Bertz CT molecular complexity index is 353. The van der Waals surface area contributed by atoms with Crippen molar-refractivity contribution in [2.45, 2.75) is 33.8 Å². The summed E-state index contributed by atoms with van der Waals surface area (Å²) in [6.07, 6.45) is -0.596. The summed E-state index contributed by atoms with van der Waals surface area (Å²) >= 11 is 1.32. The molecule has 0 spiro atoms. The highest BCUT2D eigenvalue weighted by atomic mass is 32.1. The van der Waals surface area contributed by atoms with Crippen molar-refractivity contribution in [1.29, 1.82) is 0 Å². The topological polar surface area (TPSA) is 62.2 Å². The van der Waals surface area contributed by atoms with Gasteiger partial charge in [0.25, 0.3) is 0 Å². The first kappa shape index (κ1) is 12.1. The number of hydrogen-bond donors (Lipinski definition) is 2. The van der Waals surface area contributed by atoms with Crippen LogP contribution in [0.3, 0.4) is 0 Å². The van der Waals surface area contributed by atoms with Crippen LogP contribution >= 0.6 is 11.3 Å².